The SMILES string of the molecule is COc1ncccc1C(=O)N(CCCl)CC(F)F. The van der Waals surface area contributed by atoms with E-state index in [9.17, 15) is 13.6 Å². The van der Waals surface area contributed by atoms with Crippen LogP contribution in [0, 0.1) is 0 Å². The lowest BCUT2D eigenvalue weighted by Gasteiger charge is -2.21. The predicted molar refractivity (Wildman–Crippen MR) is 63.4 cm³/mol. The number of nitrogens with zero attached hydrogens (tertiary/aromatic N) is 2. The van der Waals surface area contributed by atoms with Crippen molar-refractivity contribution in [2.24, 2.45) is 0 Å². The molecule has 0 N–H and O–H groups in total. The molecule has 7 heteroatoms. The van der Waals surface area contributed by atoms with E-state index in [-0.39, 0.29) is 23.9 Å². The predicted octanol–water partition coefficient (Wildman–Crippen LogP) is 2.04. The highest BCUT2D eigenvalue weighted by atomic mass is 35.5. The summed E-state index contributed by atoms with van der Waals surface area (Å²) in [4.78, 5) is 16.9. The Kier molecular flexibility index (Phi) is 5.77. The number of alkyl halides is 3. The molecular weight excluding hydrogens is 266 g/mol. The van der Waals surface area contributed by atoms with E-state index in [1.54, 1.807) is 0 Å². The van der Waals surface area contributed by atoms with E-state index >= 15 is 0 Å². The van der Waals surface area contributed by atoms with Crippen LogP contribution in [0.2, 0.25) is 0 Å². The quantitative estimate of drug-likeness (QED) is 0.748. The number of hydrogen-bond acceptors (Lipinski definition) is 3. The molecule has 100 valence electrons. The minimum atomic E-state index is -2.61. The average Bonchev–Trinajstić information content (AvgIpc) is 2.37. The normalized spacial score (nSPS) is 10.5. The van der Waals surface area contributed by atoms with Crippen molar-refractivity contribution >= 4 is 17.5 Å². The summed E-state index contributed by atoms with van der Waals surface area (Å²) < 4.78 is 29.7. The molecule has 0 saturated carbocycles. The molecule has 0 spiro atoms. The van der Waals surface area contributed by atoms with Crippen molar-refractivity contribution in [3.63, 3.8) is 0 Å². The van der Waals surface area contributed by atoms with Crippen molar-refractivity contribution in [1.82, 2.24) is 9.88 Å². The Hall–Kier alpha value is -1.43. The van der Waals surface area contributed by atoms with Gasteiger partial charge in [0.05, 0.1) is 13.7 Å². The van der Waals surface area contributed by atoms with Crippen LogP contribution < -0.4 is 4.74 Å². The van der Waals surface area contributed by atoms with Crippen LogP contribution in [-0.4, -0.2) is 48.3 Å². The third-order valence-corrected chi connectivity index (χ3v) is 2.36. The minimum absolute atomic E-state index is 0.0444. The van der Waals surface area contributed by atoms with Crippen LogP contribution in [0.4, 0.5) is 8.78 Å². The Labute approximate surface area is 109 Å². The molecule has 0 atom stereocenters. The highest BCUT2D eigenvalue weighted by Crippen LogP contribution is 2.16. The zero-order valence-electron chi connectivity index (χ0n) is 9.78. The number of methoxy groups -OCH3 is 1. The third kappa shape index (κ3) is 3.80. The molecule has 1 heterocycles. The lowest BCUT2D eigenvalue weighted by atomic mass is 10.2. The van der Waals surface area contributed by atoms with Gasteiger partial charge in [-0.1, -0.05) is 0 Å². The van der Waals surface area contributed by atoms with Crippen LogP contribution in [0.15, 0.2) is 18.3 Å². The molecule has 0 saturated heterocycles. The van der Waals surface area contributed by atoms with Gasteiger partial charge >= 0.3 is 0 Å². The molecule has 1 rings (SSSR count). The fraction of sp³-hybridized carbons (Fsp3) is 0.455. The van der Waals surface area contributed by atoms with Crippen molar-refractivity contribution in [3.05, 3.63) is 23.9 Å². The Balaban J connectivity index is 2.94. The topological polar surface area (TPSA) is 42.4 Å². The maximum absolute atomic E-state index is 12.4. The summed E-state index contributed by atoms with van der Waals surface area (Å²) in [5.41, 5.74) is 0.144. The van der Waals surface area contributed by atoms with E-state index in [1.165, 1.54) is 25.4 Å². The average molecular weight is 279 g/mol. The maximum atomic E-state index is 12.4. The van der Waals surface area contributed by atoms with Crippen molar-refractivity contribution in [2.75, 3.05) is 26.1 Å². The number of carbonyl (C=O) groups excluding carboxylic acids is 1. The fourth-order valence-corrected chi connectivity index (χ4v) is 1.63. The van der Waals surface area contributed by atoms with Gasteiger partial charge in [-0.2, -0.15) is 0 Å². The number of rotatable bonds is 6. The second-order valence-corrected chi connectivity index (χ2v) is 3.77. The Morgan fingerprint density at radius 2 is 2.33 bits per heavy atom. The minimum Gasteiger partial charge on any atom is -0.480 e. The molecule has 0 aliphatic carbocycles. The van der Waals surface area contributed by atoms with Crippen molar-refractivity contribution in [3.8, 4) is 5.88 Å². The molecule has 1 aromatic heterocycles. The third-order valence-electron chi connectivity index (χ3n) is 2.19. The second-order valence-electron chi connectivity index (χ2n) is 3.39. The Morgan fingerprint density at radius 1 is 1.61 bits per heavy atom. The van der Waals surface area contributed by atoms with Gasteiger partial charge in [-0.15, -0.1) is 11.6 Å². The van der Waals surface area contributed by atoms with Crippen LogP contribution in [0.5, 0.6) is 5.88 Å². The highest BCUT2D eigenvalue weighted by Gasteiger charge is 2.22. The van der Waals surface area contributed by atoms with Gasteiger partial charge in [-0.25, -0.2) is 13.8 Å². The molecule has 18 heavy (non-hydrogen) atoms. The van der Waals surface area contributed by atoms with Crippen molar-refractivity contribution in [1.29, 1.82) is 0 Å². The zero-order chi connectivity index (χ0) is 13.5. The van der Waals surface area contributed by atoms with Gasteiger partial charge in [-0.3, -0.25) is 4.79 Å². The Morgan fingerprint density at radius 3 is 2.89 bits per heavy atom. The van der Waals surface area contributed by atoms with Crippen LogP contribution in [-0.2, 0) is 0 Å². The van der Waals surface area contributed by atoms with E-state index < -0.39 is 18.9 Å². The monoisotopic (exact) mass is 278 g/mol. The number of ether oxygens (including phenoxy) is 1. The van der Waals surface area contributed by atoms with Crippen molar-refractivity contribution in [2.45, 2.75) is 6.43 Å². The van der Waals surface area contributed by atoms with Gasteiger partial charge < -0.3 is 9.64 Å². The number of halogens is 3. The van der Waals surface area contributed by atoms with Gasteiger partial charge in [0, 0.05) is 18.6 Å². The molecule has 1 aromatic rings. The van der Waals surface area contributed by atoms with Crippen LogP contribution in [0.25, 0.3) is 0 Å². The largest absolute Gasteiger partial charge is 0.480 e. The number of carbonyl (C=O) groups is 1. The first-order valence-electron chi connectivity index (χ1n) is 5.22. The van der Waals surface area contributed by atoms with E-state index in [0.29, 0.717) is 0 Å². The number of pyridine rings is 1. The van der Waals surface area contributed by atoms with Crippen LogP contribution >= 0.6 is 11.6 Å². The van der Waals surface area contributed by atoms with E-state index in [4.69, 9.17) is 16.3 Å². The molecular formula is C11H13ClF2N2O2. The number of hydrogen-bond donors (Lipinski definition) is 0. The summed E-state index contributed by atoms with van der Waals surface area (Å²) >= 11 is 5.50. The molecule has 0 aromatic carbocycles. The lowest BCUT2D eigenvalue weighted by Crippen LogP contribution is -2.36. The molecule has 0 radical (unpaired) electrons. The Bertz CT molecular complexity index is 404. The van der Waals surface area contributed by atoms with Crippen LogP contribution in [0.3, 0.4) is 0 Å². The molecule has 0 fully saturated rings. The zero-order valence-corrected chi connectivity index (χ0v) is 10.5. The van der Waals surface area contributed by atoms with E-state index in [2.05, 4.69) is 4.98 Å². The van der Waals surface area contributed by atoms with E-state index in [1.807, 2.05) is 0 Å². The summed E-state index contributed by atoms with van der Waals surface area (Å²) in [6, 6.07) is 3.01. The molecule has 0 aliphatic heterocycles. The molecule has 0 unspecified atom stereocenters. The lowest BCUT2D eigenvalue weighted by molar-refractivity contribution is 0.0567. The van der Waals surface area contributed by atoms with Gasteiger partial charge in [0.25, 0.3) is 12.3 Å². The maximum Gasteiger partial charge on any atom is 0.259 e. The summed E-state index contributed by atoms with van der Waals surface area (Å²) in [5, 5.41) is 0. The summed E-state index contributed by atoms with van der Waals surface area (Å²) in [6.45, 7) is -0.619. The van der Waals surface area contributed by atoms with Crippen LogP contribution in [0.1, 0.15) is 10.4 Å². The number of aromatic nitrogens is 1. The summed E-state index contributed by atoms with van der Waals surface area (Å²) in [5.74, 6) is -0.377. The first-order chi connectivity index (χ1) is 8.60. The van der Waals surface area contributed by atoms with Gasteiger partial charge in [0.2, 0.25) is 5.88 Å². The second kappa shape index (κ2) is 7.10. The highest BCUT2D eigenvalue weighted by molar-refractivity contribution is 6.18. The first kappa shape index (κ1) is 14.6. The van der Waals surface area contributed by atoms with Gasteiger partial charge in [0.1, 0.15) is 5.56 Å². The molecule has 1 amide bonds. The summed E-state index contributed by atoms with van der Waals surface area (Å²) in [7, 11) is 1.36. The first-order valence-corrected chi connectivity index (χ1v) is 5.76. The van der Waals surface area contributed by atoms with Gasteiger partial charge in [0.15, 0.2) is 0 Å². The van der Waals surface area contributed by atoms with Gasteiger partial charge in [-0.05, 0) is 12.1 Å². The molecule has 0 aliphatic rings. The molecule has 0 bridgehead atoms. The standard InChI is InChI=1S/C11H13ClF2N2O2/c1-18-10-8(3-2-5-15-10)11(17)16(6-4-12)7-9(13)14/h2-3,5,9H,4,6-7H2,1H3. The van der Waals surface area contributed by atoms with Crippen molar-refractivity contribution < 1.29 is 18.3 Å². The van der Waals surface area contributed by atoms with E-state index in [0.717, 1.165) is 4.90 Å². The molecule has 4 nitrogen and oxygen atoms in total. The summed E-state index contributed by atoms with van der Waals surface area (Å²) in [6.07, 6.45) is -1.16. The smallest absolute Gasteiger partial charge is 0.259 e. The fourth-order valence-electron chi connectivity index (χ4n) is 1.43. The number of amides is 1.